The Morgan fingerprint density at radius 1 is 1.11 bits per heavy atom. The zero-order chi connectivity index (χ0) is 13.7. The average Bonchev–Trinajstić information content (AvgIpc) is 2.48. The first-order valence-electron chi connectivity index (χ1n) is 6.09. The smallest absolute Gasteiger partial charge is 0.153 e. The molecule has 1 unspecified atom stereocenters. The van der Waals surface area contributed by atoms with Crippen LogP contribution in [0.4, 0.5) is 0 Å². The number of methoxy groups -OCH3 is 1. The number of carbonyl (C=O) groups excluding carboxylic acids is 1. The molecule has 0 aliphatic carbocycles. The summed E-state index contributed by atoms with van der Waals surface area (Å²) in [5.41, 5.74) is 1.55. The second kappa shape index (κ2) is 6.05. The maximum atomic E-state index is 11.1. The summed E-state index contributed by atoms with van der Waals surface area (Å²) < 4.78 is 10.9. The molecule has 0 aliphatic heterocycles. The van der Waals surface area contributed by atoms with Gasteiger partial charge in [0.25, 0.3) is 0 Å². The van der Waals surface area contributed by atoms with Crippen LogP contribution >= 0.6 is 0 Å². The first-order chi connectivity index (χ1) is 9.24. The van der Waals surface area contributed by atoms with E-state index in [9.17, 15) is 4.79 Å². The lowest BCUT2D eigenvalue weighted by atomic mass is 10.1. The summed E-state index contributed by atoms with van der Waals surface area (Å²) in [7, 11) is 1.57. The third kappa shape index (κ3) is 3.13. The van der Waals surface area contributed by atoms with Crippen molar-refractivity contribution in [2.45, 2.75) is 13.0 Å². The molecule has 0 bridgehead atoms. The van der Waals surface area contributed by atoms with Crippen LogP contribution in [-0.4, -0.2) is 13.4 Å². The second-order valence-electron chi connectivity index (χ2n) is 4.19. The van der Waals surface area contributed by atoms with E-state index in [1.807, 2.05) is 37.3 Å². The predicted molar refractivity (Wildman–Crippen MR) is 73.9 cm³/mol. The van der Waals surface area contributed by atoms with Gasteiger partial charge >= 0.3 is 0 Å². The van der Waals surface area contributed by atoms with E-state index in [0.29, 0.717) is 17.1 Å². The summed E-state index contributed by atoms with van der Waals surface area (Å²) >= 11 is 0. The number of carbonyl (C=O) groups is 1. The van der Waals surface area contributed by atoms with Gasteiger partial charge in [0.05, 0.1) is 12.7 Å². The molecule has 0 spiro atoms. The second-order valence-corrected chi connectivity index (χ2v) is 4.19. The molecule has 19 heavy (non-hydrogen) atoms. The van der Waals surface area contributed by atoms with Crippen molar-refractivity contribution in [3.63, 3.8) is 0 Å². The molecule has 0 saturated heterocycles. The van der Waals surface area contributed by atoms with Gasteiger partial charge in [-0.15, -0.1) is 0 Å². The van der Waals surface area contributed by atoms with E-state index in [0.717, 1.165) is 11.8 Å². The van der Waals surface area contributed by atoms with Gasteiger partial charge in [0.1, 0.15) is 17.6 Å². The highest BCUT2D eigenvalue weighted by molar-refractivity contribution is 5.80. The maximum absolute atomic E-state index is 11.1. The van der Waals surface area contributed by atoms with Crippen molar-refractivity contribution in [1.29, 1.82) is 0 Å². The van der Waals surface area contributed by atoms with Crippen LogP contribution in [0.1, 0.15) is 28.9 Å². The fraction of sp³-hybridized carbons (Fsp3) is 0.188. The standard InChI is InChI=1S/C16H16O3/c1-12(13-6-4-3-5-7-13)19-16-9-8-15(18-2)10-14(16)11-17/h3-12H,1-2H3. The molecule has 0 fully saturated rings. The summed E-state index contributed by atoms with van der Waals surface area (Å²) in [5.74, 6) is 1.20. The molecule has 1 atom stereocenters. The first kappa shape index (κ1) is 13.1. The molecule has 0 aliphatic rings. The minimum Gasteiger partial charge on any atom is -0.497 e. The predicted octanol–water partition coefficient (Wildman–Crippen LogP) is 3.65. The lowest BCUT2D eigenvalue weighted by Gasteiger charge is -2.16. The summed E-state index contributed by atoms with van der Waals surface area (Å²) in [4.78, 5) is 11.1. The Bertz CT molecular complexity index is 549. The van der Waals surface area contributed by atoms with Crippen molar-refractivity contribution in [1.82, 2.24) is 0 Å². The SMILES string of the molecule is COc1ccc(OC(C)c2ccccc2)c(C=O)c1. The first-order valence-corrected chi connectivity index (χ1v) is 6.09. The van der Waals surface area contributed by atoms with E-state index in [1.165, 1.54) is 0 Å². The quantitative estimate of drug-likeness (QED) is 0.766. The van der Waals surface area contributed by atoms with Gasteiger partial charge in [-0.1, -0.05) is 30.3 Å². The van der Waals surface area contributed by atoms with Crippen molar-refractivity contribution < 1.29 is 14.3 Å². The summed E-state index contributed by atoms with van der Waals surface area (Å²) in [5, 5.41) is 0. The van der Waals surface area contributed by atoms with E-state index in [4.69, 9.17) is 9.47 Å². The largest absolute Gasteiger partial charge is 0.497 e. The van der Waals surface area contributed by atoms with Crippen LogP contribution in [0.15, 0.2) is 48.5 Å². The molecule has 0 N–H and O–H groups in total. The highest BCUT2D eigenvalue weighted by Gasteiger charge is 2.10. The Kier molecular flexibility index (Phi) is 4.18. The Morgan fingerprint density at radius 3 is 2.47 bits per heavy atom. The Balaban J connectivity index is 2.21. The summed E-state index contributed by atoms with van der Waals surface area (Å²) in [6, 6.07) is 15.1. The fourth-order valence-corrected chi connectivity index (χ4v) is 1.84. The number of ether oxygens (including phenoxy) is 2. The van der Waals surface area contributed by atoms with E-state index in [2.05, 4.69) is 0 Å². The minimum atomic E-state index is -0.117. The minimum absolute atomic E-state index is 0.117. The van der Waals surface area contributed by atoms with E-state index < -0.39 is 0 Å². The van der Waals surface area contributed by atoms with Crippen LogP contribution in [0.3, 0.4) is 0 Å². The normalized spacial score (nSPS) is 11.7. The van der Waals surface area contributed by atoms with Crippen LogP contribution in [0.5, 0.6) is 11.5 Å². The molecule has 0 radical (unpaired) electrons. The number of rotatable bonds is 5. The van der Waals surface area contributed by atoms with Crippen molar-refractivity contribution in [3.05, 3.63) is 59.7 Å². The van der Waals surface area contributed by atoms with E-state index >= 15 is 0 Å². The van der Waals surface area contributed by atoms with Crippen LogP contribution < -0.4 is 9.47 Å². The van der Waals surface area contributed by atoms with Gasteiger partial charge in [0, 0.05) is 0 Å². The lowest BCUT2D eigenvalue weighted by molar-refractivity contribution is 0.111. The van der Waals surface area contributed by atoms with Gasteiger partial charge in [-0.2, -0.15) is 0 Å². The molecule has 98 valence electrons. The molecule has 0 amide bonds. The molecular formula is C16H16O3. The molecule has 3 nitrogen and oxygen atoms in total. The molecule has 3 heteroatoms. The molecule has 2 rings (SSSR count). The zero-order valence-electron chi connectivity index (χ0n) is 11.0. The molecule has 0 aromatic heterocycles. The van der Waals surface area contributed by atoms with Crippen molar-refractivity contribution in [2.24, 2.45) is 0 Å². The number of benzene rings is 2. The van der Waals surface area contributed by atoms with Crippen LogP contribution in [0.2, 0.25) is 0 Å². The third-order valence-electron chi connectivity index (χ3n) is 2.92. The average molecular weight is 256 g/mol. The van der Waals surface area contributed by atoms with Crippen LogP contribution in [0.25, 0.3) is 0 Å². The highest BCUT2D eigenvalue weighted by Crippen LogP contribution is 2.27. The van der Waals surface area contributed by atoms with Gasteiger partial charge in [0.15, 0.2) is 6.29 Å². The van der Waals surface area contributed by atoms with Crippen LogP contribution in [-0.2, 0) is 0 Å². The zero-order valence-corrected chi connectivity index (χ0v) is 11.0. The molecule has 0 heterocycles. The lowest BCUT2D eigenvalue weighted by Crippen LogP contribution is -2.04. The van der Waals surface area contributed by atoms with Gasteiger partial charge in [-0.25, -0.2) is 0 Å². The Morgan fingerprint density at radius 2 is 1.84 bits per heavy atom. The van der Waals surface area contributed by atoms with Crippen molar-refractivity contribution in [2.75, 3.05) is 7.11 Å². The maximum Gasteiger partial charge on any atom is 0.153 e. The Hall–Kier alpha value is -2.29. The highest BCUT2D eigenvalue weighted by atomic mass is 16.5. The third-order valence-corrected chi connectivity index (χ3v) is 2.92. The van der Waals surface area contributed by atoms with Crippen molar-refractivity contribution in [3.8, 4) is 11.5 Å². The summed E-state index contributed by atoms with van der Waals surface area (Å²) in [6.45, 7) is 1.95. The van der Waals surface area contributed by atoms with Crippen LogP contribution in [0, 0.1) is 0 Å². The molecule has 0 saturated carbocycles. The van der Waals surface area contributed by atoms with E-state index in [1.54, 1.807) is 25.3 Å². The molecular weight excluding hydrogens is 240 g/mol. The topological polar surface area (TPSA) is 35.5 Å². The van der Waals surface area contributed by atoms with Gasteiger partial charge in [-0.05, 0) is 30.7 Å². The van der Waals surface area contributed by atoms with Gasteiger partial charge in [-0.3, -0.25) is 4.79 Å². The van der Waals surface area contributed by atoms with E-state index in [-0.39, 0.29) is 6.10 Å². The molecule has 2 aromatic rings. The summed E-state index contributed by atoms with van der Waals surface area (Å²) in [6.07, 6.45) is 0.656. The Labute approximate surface area is 112 Å². The van der Waals surface area contributed by atoms with Gasteiger partial charge < -0.3 is 9.47 Å². The number of hydrogen-bond acceptors (Lipinski definition) is 3. The van der Waals surface area contributed by atoms with Crippen molar-refractivity contribution >= 4 is 6.29 Å². The number of aldehydes is 1. The monoisotopic (exact) mass is 256 g/mol. The fourth-order valence-electron chi connectivity index (χ4n) is 1.84. The molecule has 2 aromatic carbocycles. The number of hydrogen-bond donors (Lipinski definition) is 0. The van der Waals surface area contributed by atoms with Gasteiger partial charge in [0.2, 0.25) is 0 Å².